The molecule has 7 heteroatoms. The first kappa shape index (κ1) is 19.9. The van der Waals surface area contributed by atoms with Crippen molar-refractivity contribution in [3.05, 3.63) is 35.4 Å². The van der Waals surface area contributed by atoms with Gasteiger partial charge >= 0.3 is 0 Å². The third-order valence-corrected chi connectivity index (χ3v) is 6.49. The topological polar surface area (TPSA) is 60.9 Å². The molecule has 0 spiro atoms. The van der Waals surface area contributed by atoms with E-state index in [4.69, 9.17) is 0 Å². The molecule has 0 aliphatic carbocycles. The van der Waals surface area contributed by atoms with Gasteiger partial charge in [0.15, 0.2) is 0 Å². The van der Waals surface area contributed by atoms with Crippen LogP contribution >= 0.6 is 0 Å². The van der Waals surface area contributed by atoms with E-state index in [1.807, 2.05) is 24.3 Å². The normalized spacial score (nSPS) is 16.9. The molecule has 140 valence electrons. The maximum Gasteiger partial charge on any atom is 0.281 e. The summed E-state index contributed by atoms with van der Waals surface area (Å²) in [4.78, 5) is 14.5. The smallest absolute Gasteiger partial charge is 0.281 e. The molecule has 1 heterocycles. The summed E-state index contributed by atoms with van der Waals surface area (Å²) in [5.41, 5.74) is 1.92. The summed E-state index contributed by atoms with van der Waals surface area (Å²) in [6.07, 6.45) is 3.98. The second kappa shape index (κ2) is 8.78. The van der Waals surface area contributed by atoms with Crippen LogP contribution in [-0.2, 0) is 16.6 Å². The van der Waals surface area contributed by atoms with Crippen molar-refractivity contribution in [2.24, 2.45) is 0 Å². The molecule has 1 saturated heterocycles. The predicted octanol–water partition coefficient (Wildman–Crippen LogP) is 1.98. The van der Waals surface area contributed by atoms with Crippen molar-refractivity contribution in [3.8, 4) is 0 Å². The quantitative estimate of drug-likeness (QED) is 0.772. The van der Waals surface area contributed by atoms with Gasteiger partial charge in [-0.05, 0) is 37.0 Å². The van der Waals surface area contributed by atoms with Crippen LogP contribution in [0.25, 0.3) is 0 Å². The van der Waals surface area contributed by atoms with Gasteiger partial charge in [0.1, 0.15) is 0 Å². The number of unbranched alkanes of at least 4 members (excludes halogenated alkanes) is 1. The maximum absolute atomic E-state index is 12.7. The van der Waals surface area contributed by atoms with Crippen molar-refractivity contribution in [1.82, 2.24) is 13.5 Å². The van der Waals surface area contributed by atoms with Crippen LogP contribution in [0, 0.1) is 0 Å². The van der Waals surface area contributed by atoms with Gasteiger partial charge < -0.3 is 4.90 Å². The molecule has 1 aromatic carbocycles. The molecule has 1 aliphatic rings. The molecule has 0 aromatic heterocycles. The molecule has 0 bridgehead atoms. The van der Waals surface area contributed by atoms with E-state index >= 15 is 0 Å². The molecular formula is C18H29N3O3S. The zero-order valence-electron chi connectivity index (χ0n) is 15.4. The Morgan fingerprint density at radius 1 is 1.08 bits per heavy atom. The van der Waals surface area contributed by atoms with E-state index in [0.717, 1.165) is 19.3 Å². The van der Waals surface area contributed by atoms with Gasteiger partial charge in [-0.15, -0.1) is 0 Å². The first-order valence-corrected chi connectivity index (χ1v) is 10.3. The Kier molecular flexibility index (Phi) is 6.98. The molecule has 0 radical (unpaired) electrons. The largest absolute Gasteiger partial charge is 0.337 e. The van der Waals surface area contributed by atoms with Gasteiger partial charge in [-0.1, -0.05) is 25.5 Å². The van der Waals surface area contributed by atoms with E-state index in [1.165, 1.54) is 28.3 Å². The number of carbonyl (C=O) groups is 1. The van der Waals surface area contributed by atoms with Gasteiger partial charge in [0.2, 0.25) is 0 Å². The predicted molar refractivity (Wildman–Crippen MR) is 99.8 cm³/mol. The van der Waals surface area contributed by atoms with Crippen LogP contribution in [0.3, 0.4) is 0 Å². The van der Waals surface area contributed by atoms with Crippen LogP contribution in [0.2, 0.25) is 0 Å². The highest BCUT2D eigenvalue weighted by Gasteiger charge is 2.28. The van der Waals surface area contributed by atoms with Gasteiger partial charge in [0.25, 0.3) is 16.1 Å². The molecule has 1 aromatic rings. The fraction of sp³-hybridized carbons (Fsp3) is 0.611. The molecule has 1 aliphatic heterocycles. The molecule has 0 N–H and O–H groups in total. The van der Waals surface area contributed by atoms with E-state index in [2.05, 4.69) is 6.92 Å². The second-order valence-electron chi connectivity index (χ2n) is 6.64. The lowest BCUT2D eigenvalue weighted by atomic mass is 10.1. The van der Waals surface area contributed by atoms with Gasteiger partial charge in [-0.3, -0.25) is 4.79 Å². The second-order valence-corrected chi connectivity index (χ2v) is 8.78. The molecule has 1 fully saturated rings. The number of hydrogen-bond acceptors (Lipinski definition) is 3. The van der Waals surface area contributed by atoms with Crippen molar-refractivity contribution in [1.29, 1.82) is 0 Å². The molecule has 0 saturated carbocycles. The van der Waals surface area contributed by atoms with Crippen LogP contribution in [0.4, 0.5) is 0 Å². The van der Waals surface area contributed by atoms with Gasteiger partial charge in [0, 0.05) is 45.8 Å². The lowest BCUT2D eigenvalue weighted by Crippen LogP contribution is -2.42. The molecule has 25 heavy (non-hydrogen) atoms. The third kappa shape index (κ3) is 5.03. The van der Waals surface area contributed by atoms with Crippen LogP contribution in [0.15, 0.2) is 24.3 Å². The van der Waals surface area contributed by atoms with Crippen LogP contribution in [0.1, 0.15) is 42.1 Å². The Balaban J connectivity index is 2.01. The summed E-state index contributed by atoms with van der Waals surface area (Å²) in [6.45, 7) is 3.94. The maximum atomic E-state index is 12.7. The zero-order chi connectivity index (χ0) is 18.4. The van der Waals surface area contributed by atoms with E-state index < -0.39 is 10.2 Å². The summed E-state index contributed by atoms with van der Waals surface area (Å²) in [7, 11) is -0.361. The first-order chi connectivity index (χ1) is 11.9. The summed E-state index contributed by atoms with van der Waals surface area (Å²) >= 11 is 0. The van der Waals surface area contributed by atoms with Gasteiger partial charge in [-0.25, -0.2) is 0 Å². The minimum Gasteiger partial charge on any atom is -0.337 e. The summed E-state index contributed by atoms with van der Waals surface area (Å²) < 4.78 is 27.2. The zero-order valence-corrected chi connectivity index (χ0v) is 16.3. The average molecular weight is 368 g/mol. The van der Waals surface area contributed by atoms with Crippen LogP contribution in [-0.4, -0.2) is 68.1 Å². The number of nitrogens with zero attached hydrogens (tertiary/aromatic N) is 3. The Hall–Kier alpha value is -1.44. The fourth-order valence-corrected chi connectivity index (χ4v) is 4.07. The monoisotopic (exact) mass is 367 g/mol. The van der Waals surface area contributed by atoms with E-state index in [1.54, 1.807) is 4.90 Å². The van der Waals surface area contributed by atoms with E-state index in [9.17, 15) is 13.2 Å². The highest BCUT2D eigenvalue weighted by Crippen LogP contribution is 2.14. The summed E-state index contributed by atoms with van der Waals surface area (Å²) in [5.74, 6) is -0.0221. The third-order valence-electron chi connectivity index (χ3n) is 4.55. The Morgan fingerprint density at radius 2 is 1.76 bits per heavy atom. The highest BCUT2D eigenvalue weighted by atomic mass is 32.2. The van der Waals surface area contributed by atoms with Crippen molar-refractivity contribution in [2.75, 3.05) is 40.3 Å². The Morgan fingerprint density at radius 3 is 2.36 bits per heavy atom. The van der Waals surface area contributed by atoms with Crippen molar-refractivity contribution in [3.63, 3.8) is 0 Å². The standard InChI is InChI=1S/C18H29N3O3S/c1-4-5-7-16-8-10-17(11-9-16)18(22)20-12-6-13-21(15-14-20)25(23,24)19(2)3/h8-11H,4-7,12-15H2,1-3H3. The van der Waals surface area contributed by atoms with Crippen molar-refractivity contribution >= 4 is 16.1 Å². The molecule has 2 rings (SSSR count). The van der Waals surface area contributed by atoms with Crippen molar-refractivity contribution < 1.29 is 13.2 Å². The minimum atomic E-state index is -3.42. The van der Waals surface area contributed by atoms with E-state index in [0.29, 0.717) is 38.2 Å². The number of hydrogen-bond donors (Lipinski definition) is 0. The van der Waals surface area contributed by atoms with Crippen molar-refractivity contribution in [2.45, 2.75) is 32.6 Å². The summed E-state index contributed by atoms with van der Waals surface area (Å²) in [5, 5.41) is 0. The number of amides is 1. The molecule has 1 amide bonds. The van der Waals surface area contributed by atoms with Crippen LogP contribution in [0.5, 0.6) is 0 Å². The molecule has 0 unspecified atom stereocenters. The Bertz CT molecular complexity index is 671. The fourth-order valence-electron chi connectivity index (χ4n) is 2.94. The number of benzene rings is 1. The molecule has 6 nitrogen and oxygen atoms in total. The lowest BCUT2D eigenvalue weighted by molar-refractivity contribution is 0.0764. The van der Waals surface area contributed by atoms with Gasteiger partial charge in [0.05, 0.1) is 0 Å². The van der Waals surface area contributed by atoms with Gasteiger partial charge in [-0.2, -0.15) is 17.0 Å². The molecular weight excluding hydrogens is 338 g/mol. The SMILES string of the molecule is CCCCc1ccc(C(=O)N2CCCN(S(=O)(=O)N(C)C)CC2)cc1. The number of rotatable bonds is 6. The Labute approximate surface area is 151 Å². The summed E-state index contributed by atoms with van der Waals surface area (Å²) in [6, 6.07) is 7.80. The van der Waals surface area contributed by atoms with Crippen LogP contribution < -0.4 is 0 Å². The first-order valence-electron chi connectivity index (χ1n) is 8.92. The van der Waals surface area contributed by atoms with E-state index in [-0.39, 0.29) is 5.91 Å². The lowest BCUT2D eigenvalue weighted by Gasteiger charge is -2.24. The average Bonchev–Trinajstić information content (AvgIpc) is 2.86. The highest BCUT2D eigenvalue weighted by molar-refractivity contribution is 7.86. The minimum absolute atomic E-state index is 0.0221. The number of carbonyl (C=O) groups excluding carboxylic acids is 1. The number of aryl methyl sites for hydroxylation is 1. The molecule has 0 atom stereocenters.